The summed E-state index contributed by atoms with van der Waals surface area (Å²) in [7, 11) is 4.59. The van der Waals surface area contributed by atoms with Gasteiger partial charge in [-0.05, 0) is 22.9 Å². The number of esters is 1. The molecular formula is C19H22NO3S2+. The number of hydrogen-bond donors (Lipinski definition) is 0. The third-order valence-corrected chi connectivity index (χ3v) is 8.09. The molecule has 5 atom stereocenters. The number of carbonyl (C=O) groups excluding carboxylic acids is 1. The van der Waals surface area contributed by atoms with Gasteiger partial charge in [-0.1, -0.05) is 12.1 Å². The molecule has 0 amide bonds. The van der Waals surface area contributed by atoms with E-state index in [1.165, 1.54) is 0 Å². The Morgan fingerprint density at radius 1 is 1.12 bits per heavy atom. The van der Waals surface area contributed by atoms with Gasteiger partial charge in [-0.2, -0.15) is 0 Å². The summed E-state index contributed by atoms with van der Waals surface area (Å²) in [5, 5.41) is 4.05. The number of ether oxygens (including phenoxy) is 2. The smallest absolute Gasteiger partial charge is 0.319 e. The van der Waals surface area contributed by atoms with Crippen LogP contribution in [0.2, 0.25) is 0 Å². The third kappa shape index (κ3) is 2.50. The van der Waals surface area contributed by atoms with E-state index in [1.807, 2.05) is 35.0 Å². The number of piperidine rings is 1. The van der Waals surface area contributed by atoms with Crippen LogP contribution in [-0.2, 0) is 14.3 Å². The number of thiophene rings is 2. The lowest BCUT2D eigenvalue weighted by Crippen LogP contribution is -2.60. The van der Waals surface area contributed by atoms with Gasteiger partial charge in [0.1, 0.15) is 36.3 Å². The van der Waals surface area contributed by atoms with Crippen LogP contribution in [-0.4, -0.2) is 54.9 Å². The van der Waals surface area contributed by atoms with Gasteiger partial charge in [0.15, 0.2) is 0 Å². The van der Waals surface area contributed by atoms with Gasteiger partial charge in [0.2, 0.25) is 0 Å². The van der Waals surface area contributed by atoms with E-state index >= 15 is 0 Å². The summed E-state index contributed by atoms with van der Waals surface area (Å²) in [6.07, 6.45) is 2.62. The second-order valence-electron chi connectivity index (χ2n) is 7.82. The number of nitrogens with zero attached hydrogens (tertiary/aromatic N) is 1. The molecule has 2 bridgehead atoms. The van der Waals surface area contributed by atoms with Crippen molar-refractivity contribution in [2.45, 2.75) is 49.2 Å². The number of likely N-dealkylation sites (N-methyl/N-ethyl adjacent to an activating group) is 1. The fraction of sp³-hybridized carbons (Fsp3) is 0.526. The minimum absolute atomic E-state index is 0.0208. The molecule has 0 saturated carbocycles. The van der Waals surface area contributed by atoms with Crippen LogP contribution in [0.5, 0.6) is 0 Å². The van der Waals surface area contributed by atoms with Gasteiger partial charge in [-0.3, -0.25) is 4.79 Å². The number of morpholine rings is 1. The average molecular weight is 377 g/mol. The van der Waals surface area contributed by atoms with E-state index in [0.29, 0.717) is 24.3 Å². The Bertz CT molecular complexity index is 716. The molecule has 0 aromatic carbocycles. The third-order valence-electron chi connectivity index (χ3n) is 6.21. The van der Waals surface area contributed by atoms with Gasteiger partial charge in [0, 0.05) is 22.6 Å². The maximum Gasteiger partial charge on any atom is 0.319 e. The summed E-state index contributed by atoms with van der Waals surface area (Å²) < 4.78 is 12.9. The van der Waals surface area contributed by atoms with Crippen LogP contribution in [0.4, 0.5) is 0 Å². The summed E-state index contributed by atoms with van der Waals surface area (Å²) in [4.78, 5) is 15.2. The zero-order valence-electron chi connectivity index (χ0n) is 14.3. The first-order chi connectivity index (χ1) is 12.1. The highest BCUT2D eigenvalue weighted by Gasteiger charge is 2.70. The molecule has 0 spiro atoms. The summed E-state index contributed by atoms with van der Waals surface area (Å²) >= 11 is 3.25. The van der Waals surface area contributed by atoms with Crippen molar-refractivity contribution in [2.75, 3.05) is 14.1 Å². The van der Waals surface area contributed by atoms with Gasteiger partial charge in [-0.25, -0.2) is 0 Å². The molecule has 2 aromatic heterocycles. The van der Waals surface area contributed by atoms with Crippen LogP contribution < -0.4 is 0 Å². The highest BCUT2D eigenvalue weighted by molar-refractivity contribution is 7.11. The minimum Gasteiger partial charge on any atom is -0.461 e. The molecule has 3 fully saturated rings. The van der Waals surface area contributed by atoms with Crippen LogP contribution in [0.3, 0.4) is 0 Å². The highest BCUT2D eigenvalue weighted by atomic mass is 32.1. The van der Waals surface area contributed by atoms with Crippen molar-refractivity contribution in [3.63, 3.8) is 0 Å². The molecule has 1 unspecified atom stereocenters. The maximum atomic E-state index is 13.1. The highest BCUT2D eigenvalue weighted by Crippen LogP contribution is 2.51. The summed E-state index contributed by atoms with van der Waals surface area (Å²) in [5.41, 5.74) is 0. The Kier molecular flexibility index (Phi) is 3.61. The summed E-state index contributed by atoms with van der Waals surface area (Å²) in [6.45, 7) is 0. The Morgan fingerprint density at radius 3 is 2.16 bits per heavy atom. The first-order valence-electron chi connectivity index (χ1n) is 8.82. The average Bonchev–Trinajstić information content (AvgIpc) is 2.91. The Morgan fingerprint density at radius 2 is 1.68 bits per heavy atom. The topological polar surface area (TPSA) is 38.8 Å². The zero-order valence-corrected chi connectivity index (χ0v) is 16.0. The second kappa shape index (κ2) is 5.64. The van der Waals surface area contributed by atoms with Crippen molar-refractivity contribution in [3.05, 3.63) is 44.8 Å². The van der Waals surface area contributed by atoms with Crippen LogP contribution in [0.25, 0.3) is 0 Å². The molecule has 132 valence electrons. The van der Waals surface area contributed by atoms with E-state index in [0.717, 1.165) is 27.1 Å². The first kappa shape index (κ1) is 16.0. The van der Waals surface area contributed by atoms with E-state index in [4.69, 9.17) is 9.47 Å². The molecule has 0 aliphatic carbocycles. The largest absolute Gasteiger partial charge is 0.461 e. The molecule has 3 aliphatic heterocycles. The van der Waals surface area contributed by atoms with Crippen molar-refractivity contribution in [1.29, 1.82) is 0 Å². The van der Waals surface area contributed by atoms with E-state index in [9.17, 15) is 4.79 Å². The van der Waals surface area contributed by atoms with Crippen molar-refractivity contribution < 1.29 is 18.8 Å². The molecule has 5 rings (SSSR count). The predicted octanol–water partition coefficient (Wildman–Crippen LogP) is 3.24. The lowest BCUT2D eigenvalue weighted by Gasteiger charge is -2.45. The molecule has 0 N–H and O–H groups in total. The van der Waals surface area contributed by atoms with Gasteiger partial charge in [0.05, 0.1) is 14.1 Å². The lowest BCUT2D eigenvalue weighted by molar-refractivity contribution is -0.938. The first-order valence-corrected chi connectivity index (χ1v) is 10.6. The summed E-state index contributed by atoms with van der Waals surface area (Å²) in [6, 6.07) is 8.99. The Labute approximate surface area is 155 Å². The standard InChI is InChI=1S/C19H22NO3S2/c1-20(2)12-9-11(10-13(20)18-17(12)23-18)22-19(21)16(14-5-3-7-24-14)15-6-4-8-25-15/h3-8,11-13,16-18H,9-10H2,1-2H3/q+1/t11?,12-,13+,17-,18+. The monoisotopic (exact) mass is 376 g/mol. The van der Waals surface area contributed by atoms with Gasteiger partial charge >= 0.3 is 5.97 Å². The molecular weight excluding hydrogens is 354 g/mol. The number of quaternary nitrogens is 1. The Balaban J connectivity index is 1.35. The fourth-order valence-electron chi connectivity index (χ4n) is 4.82. The minimum atomic E-state index is -0.284. The maximum absolute atomic E-state index is 13.1. The van der Waals surface area contributed by atoms with E-state index in [-0.39, 0.29) is 18.0 Å². The predicted molar refractivity (Wildman–Crippen MR) is 97.9 cm³/mol. The number of hydrogen-bond acceptors (Lipinski definition) is 5. The van der Waals surface area contributed by atoms with E-state index < -0.39 is 0 Å². The van der Waals surface area contributed by atoms with Crippen LogP contribution >= 0.6 is 22.7 Å². The molecule has 3 aliphatic rings. The Hall–Kier alpha value is -1.21. The number of fused-ring (bicyclic) bond motifs is 5. The molecule has 6 heteroatoms. The molecule has 2 aromatic rings. The molecule has 5 heterocycles. The second-order valence-corrected chi connectivity index (χ2v) is 9.78. The van der Waals surface area contributed by atoms with Crippen LogP contribution in [0, 0.1) is 0 Å². The van der Waals surface area contributed by atoms with Crippen LogP contribution in [0.1, 0.15) is 28.5 Å². The molecule has 0 radical (unpaired) electrons. The van der Waals surface area contributed by atoms with Gasteiger partial charge in [0.25, 0.3) is 0 Å². The number of rotatable bonds is 4. The molecule has 4 nitrogen and oxygen atoms in total. The zero-order chi connectivity index (χ0) is 17.2. The summed E-state index contributed by atoms with van der Waals surface area (Å²) in [5.74, 6) is -0.385. The SMILES string of the molecule is C[N+]1(C)[C@@H]2CC(OC(=O)C(c3cccs3)c3cccs3)C[C@H]1[C@@H]1O[C@@H]12. The van der Waals surface area contributed by atoms with E-state index in [1.54, 1.807) is 22.7 Å². The number of carbonyl (C=O) groups is 1. The normalized spacial score (nSPS) is 34.8. The lowest BCUT2D eigenvalue weighted by atomic mass is 9.96. The van der Waals surface area contributed by atoms with Gasteiger partial charge < -0.3 is 14.0 Å². The number of epoxide rings is 1. The van der Waals surface area contributed by atoms with E-state index in [2.05, 4.69) is 14.1 Å². The quantitative estimate of drug-likeness (QED) is 0.467. The van der Waals surface area contributed by atoms with Gasteiger partial charge in [-0.15, -0.1) is 22.7 Å². The van der Waals surface area contributed by atoms with Crippen molar-refractivity contribution in [3.8, 4) is 0 Å². The molecule has 3 saturated heterocycles. The van der Waals surface area contributed by atoms with Crippen molar-refractivity contribution in [2.24, 2.45) is 0 Å². The fourth-order valence-corrected chi connectivity index (χ4v) is 6.55. The van der Waals surface area contributed by atoms with Crippen molar-refractivity contribution in [1.82, 2.24) is 0 Å². The van der Waals surface area contributed by atoms with Crippen molar-refractivity contribution >= 4 is 28.6 Å². The molecule has 25 heavy (non-hydrogen) atoms. The van der Waals surface area contributed by atoms with Crippen LogP contribution in [0.15, 0.2) is 35.0 Å².